The molecule has 3 atom stereocenters. The van der Waals surface area contributed by atoms with Gasteiger partial charge < -0.3 is 25.0 Å². The first kappa shape index (κ1) is 22.6. The maximum Gasteiger partial charge on any atom is 0.257 e. The molecule has 1 saturated heterocycles. The predicted octanol–water partition coefficient (Wildman–Crippen LogP) is 2.72. The quantitative estimate of drug-likeness (QED) is 0.746. The van der Waals surface area contributed by atoms with Crippen LogP contribution in [0.4, 0.5) is 5.69 Å². The van der Waals surface area contributed by atoms with Gasteiger partial charge >= 0.3 is 0 Å². The largest absolute Gasteiger partial charge is 0.490 e. The van der Waals surface area contributed by atoms with Crippen LogP contribution >= 0.6 is 0 Å². The summed E-state index contributed by atoms with van der Waals surface area (Å²) in [6, 6.07) is 5.11. The minimum atomic E-state index is -0.300. The molecule has 0 aromatic heterocycles. The van der Waals surface area contributed by atoms with E-state index in [-0.39, 0.29) is 41.9 Å². The van der Waals surface area contributed by atoms with Gasteiger partial charge in [-0.3, -0.25) is 14.4 Å². The van der Waals surface area contributed by atoms with Gasteiger partial charge in [0.05, 0.1) is 24.1 Å². The number of rotatable bonds is 4. The van der Waals surface area contributed by atoms with Crippen molar-refractivity contribution < 1.29 is 23.9 Å². The van der Waals surface area contributed by atoms with Crippen molar-refractivity contribution >= 4 is 23.4 Å². The highest BCUT2D eigenvalue weighted by molar-refractivity contribution is 6.00. The molecule has 0 spiro atoms. The van der Waals surface area contributed by atoms with E-state index in [9.17, 15) is 14.4 Å². The first-order chi connectivity index (χ1) is 15.5. The molecule has 0 bridgehead atoms. The first-order valence-electron chi connectivity index (χ1n) is 11.7. The van der Waals surface area contributed by atoms with E-state index in [1.165, 1.54) is 6.42 Å². The van der Waals surface area contributed by atoms with Crippen molar-refractivity contribution in [2.75, 3.05) is 26.0 Å². The molecule has 0 unspecified atom stereocenters. The standard InChI is InChI=1S/C24H33N3O5/c1-25-22(28)13-17-9-10-19-21(32-17)14-31-20-11-8-16(12-18(20)24(30)27(19)2)26-23(29)15-6-4-3-5-7-15/h8,11-12,15,17,19,21H,3-7,9-10,13-14H2,1-2H3,(H,25,28)(H,26,29)/t17-,19+,21-/m0/s1. The molecule has 1 aromatic rings. The van der Waals surface area contributed by atoms with Gasteiger partial charge in [0.25, 0.3) is 5.91 Å². The molecule has 4 rings (SSSR count). The average Bonchev–Trinajstić information content (AvgIpc) is 2.82. The number of nitrogens with one attached hydrogen (secondary N) is 2. The zero-order valence-corrected chi connectivity index (χ0v) is 18.9. The van der Waals surface area contributed by atoms with Crippen molar-refractivity contribution in [2.24, 2.45) is 5.92 Å². The van der Waals surface area contributed by atoms with E-state index in [1.54, 1.807) is 37.2 Å². The zero-order valence-electron chi connectivity index (χ0n) is 18.9. The highest BCUT2D eigenvalue weighted by atomic mass is 16.5. The SMILES string of the molecule is CNC(=O)C[C@@H]1CC[C@@H]2[C@H](COc3ccc(NC(=O)C4CCCCC4)cc3C(=O)N2C)O1. The third kappa shape index (κ3) is 4.90. The van der Waals surface area contributed by atoms with Crippen LogP contribution in [0, 0.1) is 5.92 Å². The van der Waals surface area contributed by atoms with Crippen molar-refractivity contribution in [1.82, 2.24) is 10.2 Å². The van der Waals surface area contributed by atoms with E-state index < -0.39 is 0 Å². The molecule has 2 heterocycles. The van der Waals surface area contributed by atoms with E-state index in [2.05, 4.69) is 10.6 Å². The number of amides is 3. The number of benzene rings is 1. The van der Waals surface area contributed by atoms with Gasteiger partial charge in [-0.2, -0.15) is 0 Å². The fourth-order valence-corrected chi connectivity index (χ4v) is 5.02. The fraction of sp³-hybridized carbons (Fsp3) is 0.625. The third-order valence-corrected chi connectivity index (χ3v) is 6.95. The van der Waals surface area contributed by atoms with Crippen LogP contribution in [0.1, 0.15) is 61.7 Å². The molecule has 1 aliphatic carbocycles. The molecule has 1 saturated carbocycles. The zero-order chi connectivity index (χ0) is 22.7. The Balaban J connectivity index is 1.48. The number of carbonyl (C=O) groups excluding carboxylic acids is 3. The summed E-state index contributed by atoms with van der Waals surface area (Å²) < 4.78 is 12.1. The predicted molar refractivity (Wildman–Crippen MR) is 120 cm³/mol. The van der Waals surface area contributed by atoms with Crippen molar-refractivity contribution in [2.45, 2.75) is 69.6 Å². The summed E-state index contributed by atoms with van der Waals surface area (Å²) >= 11 is 0. The Morgan fingerprint density at radius 2 is 1.91 bits per heavy atom. The molecule has 32 heavy (non-hydrogen) atoms. The highest BCUT2D eigenvalue weighted by Crippen LogP contribution is 2.33. The summed E-state index contributed by atoms with van der Waals surface area (Å²) in [7, 11) is 3.40. The van der Waals surface area contributed by atoms with E-state index >= 15 is 0 Å². The number of carbonyl (C=O) groups is 3. The second kappa shape index (κ2) is 9.90. The molecule has 0 radical (unpaired) electrons. The van der Waals surface area contributed by atoms with Gasteiger partial charge in [-0.15, -0.1) is 0 Å². The average molecular weight is 444 g/mol. The molecule has 8 heteroatoms. The molecule has 2 fully saturated rings. The molecular formula is C24H33N3O5. The molecule has 174 valence electrons. The second-order valence-electron chi connectivity index (χ2n) is 9.08. The Labute approximate surface area is 189 Å². The molecule has 3 amide bonds. The number of anilines is 1. The molecule has 2 aliphatic heterocycles. The Bertz CT molecular complexity index is 867. The minimum Gasteiger partial charge on any atom is -0.490 e. The van der Waals surface area contributed by atoms with E-state index in [4.69, 9.17) is 9.47 Å². The van der Waals surface area contributed by atoms with Crippen molar-refractivity contribution in [3.8, 4) is 5.75 Å². The second-order valence-corrected chi connectivity index (χ2v) is 9.08. The number of hydrogen-bond acceptors (Lipinski definition) is 5. The summed E-state index contributed by atoms with van der Waals surface area (Å²) in [6.07, 6.45) is 6.49. The van der Waals surface area contributed by atoms with E-state index in [0.717, 1.165) is 32.1 Å². The van der Waals surface area contributed by atoms with Crippen LogP contribution in [0.15, 0.2) is 18.2 Å². The maximum absolute atomic E-state index is 13.3. The van der Waals surface area contributed by atoms with E-state index in [1.807, 2.05) is 0 Å². The van der Waals surface area contributed by atoms with Crippen molar-refractivity contribution in [3.63, 3.8) is 0 Å². The van der Waals surface area contributed by atoms with Crippen LogP contribution in [-0.2, 0) is 14.3 Å². The van der Waals surface area contributed by atoms with Crippen molar-refractivity contribution in [1.29, 1.82) is 0 Å². The van der Waals surface area contributed by atoms with Crippen LogP contribution in [0.3, 0.4) is 0 Å². The minimum absolute atomic E-state index is 0.0279. The van der Waals surface area contributed by atoms with Crippen LogP contribution in [0.5, 0.6) is 5.75 Å². The number of ether oxygens (including phenoxy) is 2. The summed E-state index contributed by atoms with van der Waals surface area (Å²) in [5.74, 6) is 0.339. The molecule has 8 nitrogen and oxygen atoms in total. The number of fused-ring (bicyclic) bond motifs is 2. The monoisotopic (exact) mass is 443 g/mol. The Hall–Kier alpha value is -2.61. The Kier molecular flexibility index (Phi) is 6.98. The third-order valence-electron chi connectivity index (χ3n) is 6.95. The number of likely N-dealkylation sites (N-methyl/N-ethyl adjacent to an activating group) is 1. The maximum atomic E-state index is 13.3. The Morgan fingerprint density at radius 1 is 1.12 bits per heavy atom. The molecular weight excluding hydrogens is 410 g/mol. The highest BCUT2D eigenvalue weighted by Gasteiger charge is 2.39. The summed E-state index contributed by atoms with van der Waals surface area (Å²) in [5.41, 5.74) is 1.06. The molecule has 1 aromatic carbocycles. The summed E-state index contributed by atoms with van der Waals surface area (Å²) in [6.45, 7) is 0.299. The van der Waals surface area contributed by atoms with Gasteiger partial charge in [-0.1, -0.05) is 19.3 Å². The molecule has 3 aliphatic rings. The van der Waals surface area contributed by atoms with E-state index in [0.29, 0.717) is 36.4 Å². The normalized spacial score (nSPS) is 26.1. The summed E-state index contributed by atoms with van der Waals surface area (Å²) in [5, 5.41) is 5.62. The van der Waals surface area contributed by atoms with Crippen LogP contribution in [0.2, 0.25) is 0 Å². The lowest BCUT2D eigenvalue weighted by Crippen LogP contribution is -2.53. The lowest BCUT2D eigenvalue weighted by Gasteiger charge is -2.42. The molecule has 2 N–H and O–H groups in total. The smallest absolute Gasteiger partial charge is 0.257 e. The number of hydrogen-bond donors (Lipinski definition) is 2. The Morgan fingerprint density at radius 3 is 2.66 bits per heavy atom. The fourth-order valence-electron chi connectivity index (χ4n) is 5.02. The summed E-state index contributed by atoms with van der Waals surface area (Å²) in [4.78, 5) is 39.4. The topological polar surface area (TPSA) is 97.0 Å². The first-order valence-corrected chi connectivity index (χ1v) is 11.7. The van der Waals surface area contributed by atoms with Crippen LogP contribution in [0.25, 0.3) is 0 Å². The van der Waals surface area contributed by atoms with Gasteiger partial charge in [0, 0.05) is 25.7 Å². The van der Waals surface area contributed by atoms with Gasteiger partial charge in [0.2, 0.25) is 11.8 Å². The van der Waals surface area contributed by atoms with Gasteiger partial charge in [-0.25, -0.2) is 0 Å². The number of nitrogens with zero attached hydrogens (tertiary/aromatic N) is 1. The van der Waals surface area contributed by atoms with Crippen molar-refractivity contribution in [3.05, 3.63) is 23.8 Å². The lowest BCUT2D eigenvalue weighted by molar-refractivity contribution is -0.133. The van der Waals surface area contributed by atoms with Gasteiger partial charge in [-0.05, 0) is 43.9 Å². The van der Waals surface area contributed by atoms with Gasteiger partial charge in [0.1, 0.15) is 18.5 Å². The van der Waals surface area contributed by atoms with Gasteiger partial charge in [0.15, 0.2) is 0 Å². The van der Waals surface area contributed by atoms with Crippen LogP contribution < -0.4 is 15.4 Å². The lowest BCUT2D eigenvalue weighted by atomic mass is 9.88. The van der Waals surface area contributed by atoms with Crippen LogP contribution in [-0.4, -0.2) is 61.6 Å².